The largest absolute Gasteiger partial charge is 0.330 e. The van der Waals surface area contributed by atoms with Gasteiger partial charge in [0.05, 0.1) is 39.9 Å². The van der Waals surface area contributed by atoms with E-state index in [0.717, 1.165) is 101 Å². The van der Waals surface area contributed by atoms with Gasteiger partial charge in [-0.25, -0.2) is 15.0 Å². The fraction of sp³-hybridized carbons (Fsp3) is 0.195. The van der Waals surface area contributed by atoms with Crippen molar-refractivity contribution in [3.63, 3.8) is 0 Å². The van der Waals surface area contributed by atoms with Crippen molar-refractivity contribution in [2.75, 3.05) is 4.90 Å². The number of para-hydroxylation sites is 4. The minimum absolute atomic E-state index is 0.0176. The zero-order valence-corrected chi connectivity index (χ0v) is 49.6. The molecule has 0 radical (unpaired) electrons. The van der Waals surface area contributed by atoms with Crippen molar-refractivity contribution in [1.82, 2.24) is 19.5 Å². The Morgan fingerprint density at radius 1 is 0.470 bits per heavy atom. The van der Waals surface area contributed by atoms with Crippen LogP contribution in [0.2, 0.25) is 0 Å². The summed E-state index contributed by atoms with van der Waals surface area (Å²) in [6, 6.07) is 80.3. The Morgan fingerprint density at radius 3 is 1.76 bits per heavy atom. The summed E-state index contributed by atoms with van der Waals surface area (Å²) in [5, 5.41) is 0. The molecule has 2 atom stereocenters. The molecule has 83 heavy (non-hydrogen) atoms. The maximum atomic E-state index is 5.56. The zero-order valence-electron chi connectivity index (χ0n) is 49.6. The topological polar surface area (TPSA) is 59.2 Å². The van der Waals surface area contributed by atoms with E-state index in [2.05, 4.69) is 303 Å². The summed E-state index contributed by atoms with van der Waals surface area (Å²) >= 11 is 0. The lowest BCUT2D eigenvalue weighted by molar-refractivity contribution is 0.796. The summed E-state index contributed by atoms with van der Waals surface area (Å²) in [6.07, 6.45) is 0. The van der Waals surface area contributed by atoms with E-state index < -0.39 is 0 Å². The average molecular weight is 1080 g/mol. The van der Waals surface area contributed by atoms with Gasteiger partial charge >= 0.3 is 0 Å². The van der Waals surface area contributed by atoms with Gasteiger partial charge in [-0.15, -0.1) is 0 Å². The highest BCUT2D eigenvalue weighted by atomic mass is 15.2. The fourth-order valence-corrected chi connectivity index (χ4v) is 11.4. The number of benzene rings is 9. The van der Waals surface area contributed by atoms with Crippen LogP contribution in [0.1, 0.15) is 130 Å². The zero-order chi connectivity index (χ0) is 57.9. The second kappa shape index (κ2) is 24.1. The summed E-state index contributed by atoms with van der Waals surface area (Å²) < 4.78 is 2.29. The molecule has 0 bridgehead atoms. The van der Waals surface area contributed by atoms with Gasteiger partial charge in [0.2, 0.25) is 0 Å². The second-order valence-electron chi connectivity index (χ2n) is 23.2. The summed E-state index contributed by atoms with van der Waals surface area (Å²) in [5.74, 6) is 2.57. The predicted molar refractivity (Wildman–Crippen MR) is 350 cm³/mol. The van der Waals surface area contributed by atoms with Crippen molar-refractivity contribution < 1.29 is 0 Å². The summed E-state index contributed by atoms with van der Waals surface area (Å²) in [6.45, 7) is 26.9. The fourth-order valence-electron chi connectivity index (χ4n) is 11.4. The van der Waals surface area contributed by atoms with Crippen LogP contribution in [-0.4, -0.2) is 25.2 Å². The van der Waals surface area contributed by atoms with Crippen LogP contribution in [0.5, 0.6) is 0 Å². The third-order valence-electron chi connectivity index (χ3n) is 16.2. The minimum atomic E-state index is -0.206. The molecular weight excluding hydrogens is 1010 g/mol. The summed E-state index contributed by atoms with van der Waals surface area (Å²) in [5.41, 5.74) is 23.2. The van der Waals surface area contributed by atoms with Crippen LogP contribution < -0.4 is 4.90 Å². The minimum Gasteiger partial charge on any atom is -0.330 e. The molecule has 412 valence electrons. The van der Waals surface area contributed by atoms with Gasteiger partial charge in [-0.3, -0.25) is 9.56 Å². The van der Waals surface area contributed by atoms with Crippen LogP contribution in [0.25, 0.3) is 62.0 Å². The van der Waals surface area contributed by atoms with Gasteiger partial charge in [0, 0.05) is 45.2 Å². The molecule has 11 rings (SSSR count). The third kappa shape index (κ3) is 11.8. The Bertz CT molecular complexity index is 4190. The number of anilines is 2. The number of imidazole rings is 1. The van der Waals surface area contributed by atoms with Crippen molar-refractivity contribution >= 4 is 33.8 Å². The Balaban J connectivity index is 1.10. The Morgan fingerprint density at radius 2 is 1.04 bits per heavy atom. The van der Waals surface area contributed by atoms with Crippen LogP contribution in [-0.2, 0) is 0 Å². The monoisotopic (exact) mass is 1080 g/mol. The Hall–Kier alpha value is -9.26. The molecule has 6 heteroatoms. The highest BCUT2D eigenvalue weighted by Gasteiger charge is 2.27. The molecule has 0 fully saturated rings. The first kappa shape index (κ1) is 55.6. The standard InChI is InChI=1S/C77H74N6/c1-49(2)56-26-18-29-59(42-56)55(11)74(78-68-38-14-12-24-53(68)9)62-32-19-30-60(43-62)70-48-71(61-31-20-33-63(44-61)75(52(7)8)82(72-40-16-13-25-54(72)10)66-36-22-27-57(46-66)50(3)4)80-76(79-70)64-34-21-35-65(45-64)77-81-69-39-15-17-41-73(69)83(77)67-37-23-28-58(47-67)51(5)6/h12-51,55,75H,7H2,1-6,8-11H3/b78-74+/t55-,75?/m0/s1. The molecule has 11 aromatic rings. The van der Waals surface area contributed by atoms with Crippen LogP contribution >= 0.6 is 0 Å². The number of nitrogens with zero attached hydrogens (tertiary/aromatic N) is 6. The van der Waals surface area contributed by atoms with Crippen molar-refractivity contribution in [3.05, 3.63) is 281 Å². The molecule has 0 aliphatic rings. The van der Waals surface area contributed by atoms with E-state index in [4.69, 9.17) is 26.5 Å². The highest BCUT2D eigenvalue weighted by Crippen LogP contribution is 2.43. The van der Waals surface area contributed by atoms with Crippen molar-refractivity contribution in [2.45, 2.75) is 99.0 Å². The molecule has 0 saturated carbocycles. The van der Waals surface area contributed by atoms with Gasteiger partial charge in [-0.05, 0) is 156 Å². The Kier molecular flexibility index (Phi) is 16.1. The molecule has 0 aliphatic heterocycles. The molecule has 9 aromatic carbocycles. The SMILES string of the molecule is C=C(C)C(c1cccc(-c2cc(-c3cccc(/C(=N/c4ccccc4C)[C@@H](C)c4cccc(C(C)C)c4)c3)nc(-c3cccc(-c4nc5ccccc5n4-c4cccc(C(C)C)c4)c3)n2)c1)N(c1cccc(C(C)C)c1)c1ccccc1C. The van der Waals surface area contributed by atoms with Gasteiger partial charge in [0.25, 0.3) is 0 Å². The van der Waals surface area contributed by atoms with E-state index >= 15 is 0 Å². The van der Waals surface area contributed by atoms with Crippen molar-refractivity contribution in [2.24, 2.45) is 4.99 Å². The van der Waals surface area contributed by atoms with Gasteiger partial charge < -0.3 is 4.90 Å². The quantitative estimate of drug-likeness (QED) is 0.0673. The molecule has 0 amide bonds. The van der Waals surface area contributed by atoms with E-state index in [1.165, 1.54) is 27.8 Å². The lowest BCUT2D eigenvalue weighted by atomic mass is 9.88. The van der Waals surface area contributed by atoms with Crippen LogP contribution in [0.4, 0.5) is 17.1 Å². The molecular formula is C77H74N6. The number of hydrogen-bond donors (Lipinski definition) is 0. The van der Waals surface area contributed by atoms with Crippen LogP contribution in [0.3, 0.4) is 0 Å². The number of fused-ring (bicyclic) bond motifs is 1. The van der Waals surface area contributed by atoms with Gasteiger partial charge in [-0.2, -0.15) is 0 Å². The maximum Gasteiger partial charge on any atom is 0.160 e. The first-order valence-corrected chi connectivity index (χ1v) is 29.3. The number of aryl methyl sites for hydroxylation is 2. The smallest absolute Gasteiger partial charge is 0.160 e. The third-order valence-corrected chi connectivity index (χ3v) is 16.2. The number of aromatic nitrogens is 4. The number of aliphatic imine (C=N–C) groups is 1. The van der Waals surface area contributed by atoms with Gasteiger partial charge in [-0.1, -0.05) is 212 Å². The highest BCUT2D eigenvalue weighted by molar-refractivity contribution is 6.07. The second-order valence-corrected chi connectivity index (χ2v) is 23.2. The maximum absolute atomic E-state index is 5.56. The van der Waals surface area contributed by atoms with Crippen molar-refractivity contribution in [3.8, 4) is 51.0 Å². The first-order chi connectivity index (χ1) is 40.2. The molecule has 1 unspecified atom stereocenters. The van der Waals surface area contributed by atoms with Crippen molar-refractivity contribution in [1.29, 1.82) is 0 Å². The lowest BCUT2D eigenvalue weighted by Crippen LogP contribution is -2.25. The Labute approximate surface area is 491 Å². The van der Waals surface area contributed by atoms with E-state index in [0.29, 0.717) is 23.6 Å². The molecule has 0 spiro atoms. The van der Waals surface area contributed by atoms with Crippen LogP contribution in [0, 0.1) is 13.8 Å². The van der Waals surface area contributed by atoms with E-state index in [-0.39, 0.29) is 12.0 Å². The molecule has 2 aromatic heterocycles. The predicted octanol–water partition coefficient (Wildman–Crippen LogP) is 20.9. The normalized spacial score (nSPS) is 12.6. The van der Waals surface area contributed by atoms with E-state index in [1.807, 2.05) is 0 Å². The number of hydrogen-bond acceptors (Lipinski definition) is 5. The van der Waals surface area contributed by atoms with Gasteiger partial charge in [0.15, 0.2) is 5.82 Å². The van der Waals surface area contributed by atoms with Crippen LogP contribution in [0.15, 0.2) is 242 Å². The number of rotatable bonds is 17. The summed E-state index contributed by atoms with van der Waals surface area (Å²) in [7, 11) is 0. The molecule has 0 N–H and O–H groups in total. The molecule has 2 heterocycles. The first-order valence-electron chi connectivity index (χ1n) is 29.3. The van der Waals surface area contributed by atoms with E-state index in [9.17, 15) is 0 Å². The van der Waals surface area contributed by atoms with E-state index in [1.54, 1.807) is 0 Å². The molecule has 0 aliphatic carbocycles. The molecule has 0 saturated heterocycles. The summed E-state index contributed by atoms with van der Waals surface area (Å²) in [4.78, 5) is 24.4. The molecule has 6 nitrogen and oxygen atoms in total. The lowest BCUT2D eigenvalue weighted by Gasteiger charge is -2.36. The average Bonchev–Trinajstić information content (AvgIpc) is 4.08. The van der Waals surface area contributed by atoms with Gasteiger partial charge in [0.1, 0.15) is 5.82 Å².